The van der Waals surface area contributed by atoms with E-state index in [2.05, 4.69) is 33.9 Å². The van der Waals surface area contributed by atoms with Gasteiger partial charge in [-0.2, -0.15) is 9.97 Å². The number of hydrogen-bond donors (Lipinski definition) is 2. The van der Waals surface area contributed by atoms with E-state index in [1.165, 1.54) is 18.4 Å². The molecule has 206 valence electrons. The van der Waals surface area contributed by atoms with Gasteiger partial charge in [0, 0.05) is 55.0 Å². The van der Waals surface area contributed by atoms with E-state index in [0.29, 0.717) is 43.0 Å². The molecule has 1 aliphatic carbocycles. The van der Waals surface area contributed by atoms with Gasteiger partial charge in [-0.3, -0.25) is 0 Å². The predicted octanol–water partition coefficient (Wildman–Crippen LogP) is 3.83. The molecular formula is C31H39N5O3. The molecule has 0 spiro atoms. The van der Waals surface area contributed by atoms with E-state index in [9.17, 15) is 10.2 Å². The van der Waals surface area contributed by atoms with E-state index in [4.69, 9.17) is 14.7 Å². The maximum atomic E-state index is 10.5. The number of piperidine rings is 1. The van der Waals surface area contributed by atoms with Gasteiger partial charge in [0.05, 0.1) is 12.2 Å². The van der Waals surface area contributed by atoms with Crippen LogP contribution in [0.4, 0.5) is 11.5 Å². The number of likely N-dealkylation sites (N-methyl/N-ethyl adjacent to an activating group) is 1. The van der Waals surface area contributed by atoms with E-state index in [1.807, 2.05) is 24.3 Å². The van der Waals surface area contributed by atoms with Crippen LogP contribution in [0.1, 0.15) is 36.9 Å². The number of rotatable bonds is 6. The number of phenols is 1. The molecule has 4 atom stereocenters. The summed E-state index contributed by atoms with van der Waals surface area (Å²) in [6, 6.07) is 12.8. The molecule has 2 N–H and O–H groups in total. The number of phenolic OH excluding ortho intramolecular Hbond substituents is 1. The molecule has 3 fully saturated rings. The second kappa shape index (κ2) is 10.1. The van der Waals surface area contributed by atoms with Crippen LogP contribution < -0.4 is 14.5 Å². The number of aliphatic hydroxyl groups is 1. The molecule has 4 aliphatic rings. The van der Waals surface area contributed by atoms with Crippen LogP contribution in [0, 0.1) is 17.8 Å². The highest BCUT2D eigenvalue weighted by Gasteiger charge is 2.41. The highest BCUT2D eigenvalue weighted by atomic mass is 16.5. The lowest BCUT2D eigenvalue weighted by molar-refractivity contribution is 0.187. The van der Waals surface area contributed by atoms with Gasteiger partial charge in [0.2, 0.25) is 0 Å². The monoisotopic (exact) mass is 529 g/mol. The molecule has 2 saturated heterocycles. The number of ether oxygens (including phenoxy) is 1. The van der Waals surface area contributed by atoms with E-state index < -0.39 is 0 Å². The molecular weight excluding hydrogens is 490 g/mol. The molecule has 8 nitrogen and oxygen atoms in total. The van der Waals surface area contributed by atoms with Crippen LogP contribution in [-0.4, -0.2) is 77.6 Å². The third-order valence-electron chi connectivity index (χ3n) is 9.67. The zero-order chi connectivity index (χ0) is 26.5. The van der Waals surface area contributed by atoms with Crippen LogP contribution in [0.5, 0.6) is 11.8 Å². The van der Waals surface area contributed by atoms with Crippen molar-refractivity contribution in [3.8, 4) is 11.8 Å². The zero-order valence-corrected chi connectivity index (χ0v) is 22.8. The number of aromatic hydroxyl groups is 1. The third kappa shape index (κ3) is 4.67. The second-order valence-corrected chi connectivity index (χ2v) is 12.1. The first-order valence-electron chi connectivity index (χ1n) is 14.6. The zero-order valence-electron chi connectivity index (χ0n) is 22.8. The van der Waals surface area contributed by atoms with Gasteiger partial charge >= 0.3 is 6.01 Å². The second-order valence-electron chi connectivity index (χ2n) is 12.1. The minimum absolute atomic E-state index is 0.282. The minimum Gasteiger partial charge on any atom is -0.508 e. The lowest BCUT2D eigenvalue weighted by Gasteiger charge is -2.37. The van der Waals surface area contributed by atoms with Gasteiger partial charge in [-0.15, -0.1) is 0 Å². The van der Waals surface area contributed by atoms with Crippen molar-refractivity contribution in [3.63, 3.8) is 0 Å². The highest BCUT2D eigenvalue weighted by Crippen LogP contribution is 2.43. The largest absolute Gasteiger partial charge is 0.508 e. The van der Waals surface area contributed by atoms with Gasteiger partial charge < -0.3 is 29.6 Å². The average molecular weight is 530 g/mol. The summed E-state index contributed by atoms with van der Waals surface area (Å²) >= 11 is 0. The Morgan fingerprint density at radius 1 is 1.05 bits per heavy atom. The molecule has 0 amide bonds. The minimum atomic E-state index is 0.282. The van der Waals surface area contributed by atoms with Crippen molar-refractivity contribution >= 4 is 22.3 Å². The van der Waals surface area contributed by atoms with Gasteiger partial charge in [-0.1, -0.05) is 24.3 Å². The molecule has 7 rings (SSSR count). The van der Waals surface area contributed by atoms with Crippen LogP contribution in [0.15, 0.2) is 36.4 Å². The Morgan fingerprint density at radius 2 is 1.95 bits per heavy atom. The van der Waals surface area contributed by atoms with Crippen molar-refractivity contribution in [2.24, 2.45) is 17.8 Å². The Kier molecular flexibility index (Phi) is 6.47. The lowest BCUT2D eigenvalue weighted by Crippen LogP contribution is -2.40. The number of likely N-dealkylation sites (tertiary alicyclic amines) is 1. The summed E-state index contributed by atoms with van der Waals surface area (Å²) in [7, 11) is 2.17. The smallest absolute Gasteiger partial charge is 0.318 e. The molecule has 8 heteroatoms. The fourth-order valence-electron chi connectivity index (χ4n) is 7.59. The van der Waals surface area contributed by atoms with E-state index in [1.54, 1.807) is 0 Å². The topological polar surface area (TPSA) is 85.2 Å². The molecule has 3 aromatic rings. The molecule has 3 unspecified atom stereocenters. The van der Waals surface area contributed by atoms with E-state index >= 15 is 0 Å². The SMILES string of the molecule is CN1CCC[C@H]1COc1nc2c(c(N3CC4CC(CO)C(C4)C3)n1)CCN(c1cc(O)cc3ccccc13)C2. The fourth-order valence-corrected chi connectivity index (χ4v) is 7.59. The van der Waals surface area contributed by atoms with Gasteiger partial charge in [-0.25, -0.2) is 0 Å². The number of fused-ring (bicyclic) bond motifs is 4. The van der Waals surface area contributed by atoms with Crippen LogP contribution in [0.2, 0.25) is 0 Å². The van der Waals surface area contributed by atoms with Crippen molar-refractivity contribution in [2.45, 2.75) is 44.7 Å². The van der Waals surface area contributed by atoms with Crippen molar-refractivity contribution < 1.29 is 14.9 Å². The molecule has 39 heavy (non-hydrogen) atoms. The van der Waals surface area contributed by atoms with Crippen molar-refractivity contribution in [3.05, 3.63) is 47.7 Å². The third-order valence-corrected chi connectivity index (χ3v) is 9.67. The van der Waals surface area contributed by atoms with Gasteiger partial charge in [0.15, 0.2) is 0 Å². The normalized spacial score (nSPS) is 26.8. The summed E-state index contributed by atoms with van der Waals surface area (Å²) in [6.07, 6.45) is 5.52. The Hall–Kier alpha value is -3.10. The number of hydrogen-bond acceptors (Lipinski definition) is 8. The van der Waals surface area contributed by atoms with Crippen molar-refractivity contribution in [1.29, 1.82) is 0 Å². The molecule has 1 aromatic heterocycles. The van der Waals surface area contributed by atoms with Crippen molar-refractivity contribution in [2.75, 3.05) is 56.2 Å². The molecule has 1 saturated carbocycles. The molecule has 2 bridgehead atoms. The van der Waals surface area contributed by atoms with Crippen LogP contribution in [0.3, 0.4) is 0 Å². The Labute approximate surface area is 230 Å². The Morgan fingerprint density at radius 3 is 2.79 bits per heavy atom. The fraction of sp³-hybridized carbons (Fsp3) is 0.548. The quantitative estimate of drug-likeness (QED) is 0.499. The Balaban J connectivity index is 1.23. The summed E-state index contributed by atoms with van der Waals surface area (Å²) in [5.74, 6) is 2.85. The van der Waals surface area contributed by atoms with Gasteiger partial charge in [0.25, 0.3) is 0 Å². The summed E-state index contributed by atoms with van der Waals surface area (Å²) < 4.78 is 6.31. The number of benzene rings is 2. The van der Waals surface area contributed by atoms with Gasteiger partial charge in [-0.05, 0) is 74.9 Å². The van der Waals surface area contributed by atoms with Gasteiger partial charge in [0.1, 0.15) is 18.2 Å². The highest BCUT2D eigenvalue weighted by molar-refractivity contribution is 5.95. The standard InChI is InChI=1S/C31H39N5O3/c1-34-9-4-6-24(34)19-39-31-32-28-17-35(29-14-25(38)13-21-5-2-3-7-26(21)29)10-8-27(28)30(33-31)36-15-20-11-22(16-36)23(12-20)18-37/h2-3,5,7,13-14,20,22-24,37-38H,4,6,8-12,15-19H2,1H3/t20?,22?,23?,24-/m0/s1. The maximum absolute atomic E-state index is 10.5. The summed E-state index contributed by atoms with van der Waals surface area (Å²) in [5, 5.41) is 22.6. The molecule has 3 aliphatic heterocycles. The molecule has 0 radical (unpaired) electrons. The van der Waals surface area contributed by atoms with Crippen molar-refractivity contribution in [1.82, 2.24) is 14.9 Å². The first kappa shape index (κ1) is 24.9. The Bertz CT molecular complexity index is 1370. The summed E-state index contributed by atoms with van der Waals surface area (Å²) in [4.78, 5) is 17.2. The van der Waals surface area contributed by atoms with E-state index in [-0.39, 0.29) is 12.4 Å². The van der Waals surface area contributed by atoms with Crippen LogP contribution in [0.25, 0.3) is 10.8 Å². The number of aromatic nitrogens is 2. The molecule has 4 heterocycles. The predicted molar refractivity (Wildman–Crippen MR) is 153 cm³/mol. The number of anilines is 2. The molecule has 2 aromatic carbocycles. The van der Waals surface area contributed by atoms with Crippen LogP contribution >= 0.6 is 0 Å². The summed E-state index contributed by atoms with van der Waals surface area (Å²) in [6.45, 7) is 5.42. The number of nitrogens with zero attached hydrogens (tertiary/aromatic N) is 5. The van der Waals surface area contributed by atoms with E-state index in [0.717, 1.165) is 73.4 Å². The maximum Gasteiger partial charge on any atom is 0.318 e. The van der Waals surface area contributed by atoms with Crippen LogP contribution in [-0.2, 0) is 13.0 Å². The average Bonchev–Trinajstić information content (AvgIpc) is 3.50. The first-order valence-corrected chi connectivity index (χ1v) is 14.6. The summed E-state index contributed by atoms with van der Waals surface area (Å²) in [5.41, 5.74) is 3.28. The first-order chi connectivity index (χ1) is 19.1. The number of aliphatic hydroxyl groups excluding tert-OH is 1. The lowest BCUT2D eigenvalue weighted by atomic mass is 9.94.